The highest BCUT2D eigenvalue weighted by Gasteiger charge is 2.43. The maximum absolute atomic E-state index is 13.0. The van der Waals surface area contributed by atoms with Crippen LogP contribution in [0.4, 0.5) is 10.5 Å². The molecule has 134 valence electrons. The fourth-order valence-electron chi connectivity index (χ4n) is 3.36. The van der Waals surface area contributed by atoms with Crippen molar-refractivity contribution in [3.8, 4) is 0 Å². The largest absolute Gasteiger partial charge is 0.481 e. The first-order chi connectivity index (χ1) is 11.9. The molecule has 3 amide bonds. The molecule has 0 bridgehead atoms. The third-order valence-electron chi connectivity index (χ3n) is 5.15. The van der Waals surface area contributed by atoms with Gasteiger partial charge in [-0.15, -0.1) is 0 Å². The van der Waals surface area contributed by atoms with E-state index >= 15 is 0 Å². The molecular formula is C18H23N3O4. The Bertz CT molecular complexity index is 699. The lowest BCUT2D eigenvalue weighted by molar-refractivity contribution is -0.146. The average molecular weight is 345 g/mol. The molecule has 3 rings (SSSR count). The van der Waals surface area contributed by atoms with Gasteiger partial charge < -0.3 is 20.2 Å². The van der Waals surface area contributed by atoms with Gasteiger partial charge in [-0.05, 0) is 17.5 Å². The Morgan fingerprint density at radius 1 is 1.32 bits per heavy atom. The van der Waals surface area contributed by atoms with Crippen LogP contribution in [0.1, 0.15) is 25.8 Å². The van der Waals surface area contributed by atoms with Crippen molar-refractivity contribution in [2.24, 2.45) is 11.8 Å². The zero-order valence-corrected chi connectivity index (χ0v) is 14.4. The number of nitrogens with one attached hydrogen (secondary N) is 1. The van der Waals surface area contributed by atoms with Gasteiger partial charge in [0.25, 0.3) is 0 Å². The van der Waals surface area contributed by atoms with Gasteiger partial charge in [0.05, 0.1) is 12.5 Å². The quantitative estimate of drug-likeness (QED) is 0.877. The zero-order chi connectivity index (χ0) is 18.1. The number of carboxylic acid groups (broad SMARTS) is 1. The number of carbonyl (C=O) groups excluding carboxylic acids is 2. The molecule has 1 saturated heterocycles. The van der Waals surface area contributed by atoms with Crippen LogP contribution in [-0.4, -0.2) is 51.9 Å². The number of likely N-dealkylation sites (tertiary alicyclic amines) is 1. The molecule has 0 spiro atoms. The number of rotatable bonds is 3. The van der Waals surface area contributed by atoms with Gasteiger partial charge in [-0.3, -0.25) is 9.59 Å². The van der Waals surface area contributed by atoms with E-state index in [-0.39, 0.29) is 30.9 Å². The topological polar surface area (TPSA) is 90.0 Å². The molecule has 2 heterocycles. The van der Waals surface area contributed by atoms with E-state index < -0.39 is 17.9 Å². The molecular weight excluding hydrogens is 322 g/mol. The minimum Gasteiger partial charge on any atom is -0.481 e. The third-order valence-corrected chi connectivity index (χ3v) is 5.15. The van der Waals surface area contributed by atoms with Gasteiger partial charge in [-0.2, -0.15) is 0 Å². The van der Waals surface area contributed by atoms with E-state index in [1.807, 2.05) is 38.1 Å². The monoisotopic (exact) mass is 345 g/mol. The summed E-state index contributed by atoms with van der Waals surface area (Å²) in [5.74, 6) is -1.60. The minimum absolute atomic E-state index is 0.00481. The second-order valence-corrected chi connectivity index (χ2v) is 6.83. The number of hydrogen-bond donors (Lipinski definition) is 2. The summed E-state index contributed by atoms with van der Waals surface area (Å²) in [4.78, 5) is 39.8. The molecule has 1 fully saturated rings. The van der Waals surface area contributed by atoms with E-state index in [9.17, 15) is 14.4 Å². The summed E-state index contributed by atoms with van der Waals surface area (Å²) in [7, 11) is 0. The molecule has 0 radical (unpaired) electrons. The molecule has 2 aliphatic heterocycles. The number of amides is 3. The zero-order valence-electron chi connectivity index (χ0n) is 14.4. The fraction of sp³-hybridized carbons (Fsp3) is 0.500. The van der Waals surface area contributed by atoms with E-state index in [0.29, 0.717) is 6.54 Å². The Morgan fingerprint density at radius 2 is 2.00 bits per heavy atom. The van der Waals surface area contributed by atoms with E-state index in [1.54, 1.807) is 4.90 Å². The van der Waals surface area contributed by atoms with Gasteiger partial charge >= 0.3 is 12.0 Å². The Balaban J connectivity index is 1.88. The lowest BCUT2D eigenvalue weighted by Crippen LogP contribution is -2.60. The average Bonchev–Trinajstić information content (AvgIpc) is 2.68. The van der Waals surface area contributed by atoms with E-state index in [4.69, 9.17) is 5.11 Å². The summed E-state index contributed by atoms with van der Waals surface area (Å²) < 4.78 is 0. The van der Waals surface area contributed by atoms with Crippen molar-refractivity contribution in [3.63, 3.8) is 0 Å². The van der Waals surface area contributed by atoms with E-state index in [2.05, 4.69) is 5.32 Å². The second-order valence-electron chi connectivity index (χ2n) is 6.83. The van der Waals surface area contributed by atoms with E-state index in [1.165, 1.54) is 4.90 Å². The Kier molecular flexibility index (Phi) is 4.65. The van der Waals surface area contributed by atoms with Gasteiger partial charge in [-0.1, -0.05) is 38.5 Å². The number of para-hydroxylation sites is 1. The molecule has 7 nitrogen and oxygen atoms in total. The van der Waals surface area contributed by atoms with Crippen LogP contribution in [0.25, 0.3) is 0 Å². The maximum Gasteiger partial charge on any atom is 0.321 e. The minimum atomic E-state index is -0.888. The SMILES string of the molecule is CCC(C)C1C(=O)Nc2ccccc2CN1C(=O)N1CC(C(=O)O)C1. The van der Waals surface area contributed by atoms with Gasteiger partial charge in [0.2, 0.25) is 5.91 Å². The summed E-state index contributed by atoms with van der Waals surface area (Å²) >= 11 is 0. The van der Waals surface area contributed by atoms with Crippen LogP contribution in [0.5, 0.6) is 0 Å². The van der Waals surface area contributed by atoms with Crippen molar-refractivity contribution < 1.29 is 19.5 Å². The van der Waals surface area contributed by atoms with Gasteiger partial charge in [0.15, 0.2) is 0 Å². The maximum atomic E-state index is 13.0. The summed E-state index contributed by atoms with van der Waals surface area (Å²) in [6, 6.07) is 6.61. The predicted octanol–water partition coefficient (Wildman–Crippen LogP) is 1.99. The molecule has 1 aromatic carbocycles. The van der Waals surface area contributed by atoms with Crippen LogP contribution in [0, 0.1) is 11.8 Å². The highest BCUT2D eigenvalue weighted by Crippen LogP contribution is 2.29. The van der Waals surface area contributed by atoms with Crippen LogP contribution < -0.4 is 5.32 Å². The van der Waals surface area contributed by atoms with Gasteiger partial charge in [0.1, 0.15) is 6.04 Å². The first-order valence-electron chi connectivity index (χ1n) is 8.59. The number of anilines is 1. The van der Waals surface area contributed by atoms with Crippen LogP contribution >= 0.6 is 0 Å². The van der Waals surface area contributed by atoms with Gasteiger partial charge in [0, 0.05) is 18.8 Å². The van der Waals surface area contributed by atoms with Crippen LogP contribution in [0.2, 0.25) is 0 Å². The Hall–Kier alpha value is -2.57. The Labute approximate surface area is 146 Å². The van der Waals surface area contributed by atoms with Crippen molar-refractivity contribution in [2.45, 2.75) is 32.9 Å². The molecule has 1 aromatic rings. The normalized spacial score (nSPS) is 21.7. The molecule has 2 atom stereocenters. The van der Waals surface area contributed by atoms with Crippen molar-refractivity contribution in [1.29, 1.82) is 0 Å². The standard InChI is InChI=1S/C18H23N3O4/c1-3-11(2)15-16(22)19-14-7-5-4-6-12(14)10-21(15)18(25)20-8-13(9-20)17(23)24/h4-7,11,13,15H,3,8-10H2,1-2H3,(H,19,22)(H,23,24). The highest BCUT2D eigenvalue weighted by molar-refractivity contribution is 5.99. The molecule has 2 aliphatic rings. The molecule has 0 aliphatic carbocycles. The number of benzene rings is 1. The second kappa shape index (κ2) is 6.74. The van der Waals surface area contributed by atoms with Crippen molar-refractivity contribution >= 4 is 23.6 Å². The number of carboxylic acids is 1. The lowest BCUT2D eigenvalue weighted by Gasteiger charge is -2.42. The molecule has 25 heavy (non-hydrogen) atoms. The molecule has 0 aromatic heterocycles. The molecule has 0 saturated carbocycles. The summed E-state index contributed by atoms with van der Waals surface area (Å²) in [5, 5.41) is 12.0. The summed E-state index contributed by atoms with van der Waals surface area (Å²) in [6.07, 6.45) is 0.760. The number of carbonyl (C=O) groups is 3. The van der Waals surface area contributed by atoms with Crippen LogP contribution in [0.15, 0.2) is 24.3 Å². The number of aliphatic carboxylic acids is 1. The molecule has 2 unspecified atom stereocenters. The third kappa shape index (κ3) is 3.18. The lowest BCUT2D eigenvalue weighted by atomic mass is 9.96. The van der Waals surface area contributed by atoms with Gasteiger partial charge in [-0.25, -0.2) is 4.79 Å². The van der Waals surface area contributed by atoms with Crippen molar-refractivity contribution in [1.82, 2.24) is 9.80 Å². The predicted molar refractivity (Wildman–Crippen MR) is 92.0 cm³/mol. The number of hydrogen-bond acceptors (Lipinski definition) is 3. The molecule has 7 heteroatoms. The first kappa shape index (κ1) is 17.3. The summed E-state index contributed by atoms with van der Waals surface area (Å²) in [6.45, 7) is 4.67. The Morgan fingerprint density at radius 3 is 2.64 bits per heavy atom. The fourth-order valence-corrected chi connectivity index (χ4v) is 3.36. The van der Waals surface area contributed by atoms with E-state index in [0.717, 1.165) is 17.7 Å². The summed E-state index contributed by atoms with van der Waals surface area (Å²) in [5.41, 5.74) is 1.61. The smallest absolute Gasteiger partial charge is 0.321 e. The van der Waals surface area contributed by atoms with Crippen molar-refractivity contribution in [2.75, 3.05) is 18.4 Å². The number of nitrogens with zero attached hydrogens (tertiary/aromatic N) is 2. The van der Waals surface area contributed by atoms with Crippen molar-refractivity contribution in [3.05, 3.63) is 29.8 Å². The number of fused-ring (bicyclic) bond motifs is 1. The van der Waals surface area contributed by atoms with Crippen LogP contribution in [0.3, 0.4) is 0 Å². The van der Waals surface area contributed by atoms with Crippen LogP contribution in [-0.2, 0) is 16.1 Å². The number of urea groups is 1. The molecule has 2 N–H and O–H groups in total. The first-order valence-corrected chi connectivity index (χ1v) is 8.59. The highest BCUT2D eigenvalue weighted by atomic mass is 16.4.